The summed E-state index contributed by atoms with van der Waals surface area (Å²) < 4.78 is 0. The minimum Gasteiger partial charge on any atom is -0.341 e. The summed E-state index contributed by atoms with van der Waals surface area (Å²) in [5.74, 6) is 1.68. The maximum atomic E-state index is 4.49. The normalized spacial score (nSPS) is 20.1. The van der Waals surface area contributed by atoms with Gasteiger partial charge in [-0.05, 0) is 50.8 Å². The third kappa shape index (κ3) is 3.42. The summed E-state index contributed by atoms with van der Waals surface area (Å²) in [7, 11) is 2.02. The van der Waals surface area contributed by atoms with Crippen molar-refractivity contribution in [3.8, 4) is 0 Å². The second kappa shape index (κ2) is 6.69. The standard InChI is InChI=1S/C14H24N4/c1-3-12-9-16-14(17-10-12)18-8-4-5-13(11-18)6-7-15-2/h9-10,13,15H,3-8,11H2,1-2H3. The molecular weight excluding hydrogens is 224 g/mol. The van der Waals surface area contributed by atoms with Gasteiger partial charge in [-0.3, -0.25) is 0 Å². The third-order valence-electron chi connectivity index (χ3n) is 3.70. The van der Waals surface area contributed by atoms with Crippen molar-refractivity contribution >= 4 is 5.95 Å². The monoisotopic (exact) mass is 248 g/mol. The molecule has 4 heteroatoms. The summed E-state index contributed by atoms with van der Waals surface area (Å²) in [6.07, 6.45) is 8.77. The SMILES string of the molecule is CCc1cnc(N2CCCC(CCNC)C2)nc1. The Morgan fingerprint density at radius 3 is 2.83 bits per heavy atom. The summed E-state index contributed by atoms with van der Waals surface area (Å²) >= 11 is 0. The fourth-order valence-electron chi connectivity index (χ4n) is 2.52. The number of nitrogens with one attached hydrogen (secondary N) is 1. The first-order chi connectivity index (χ1) is 8.83. The van der Waals surface area contributed by atoms with Crippen LogP contribution < -0.4 is 10.2 Å². The smallest absolute Gasteiger partial charge is 0.225 e. The fourth-order valence-corrected chi connectivity index (χ4v) is 2.52. The summed E-state index contributed by atoms with van der Waals surface area (Å²) in [5, 5.41) is 3.23. The molecule has 1 aromatic heterocycles. The van der Waals surface area contributed by atoms with Gasteiger partial charge in [-0.1, -0.05) is 6.92 Å². The van der Waals surface area contributed by atoms with Crippen LogP contribution in [-0.4, -0.2) is 36.6 Å². The van der Waals surface area contributed by atoms with Crippen LogP contribution in [0.3, 0.4) is 0 Å². The van der Waals surface area contributed by atoms with E-state index in [2.05, 4.69) is 27.1 Å². The highest BCUT2D eigenvalue weighted by atomic mass is 15.2. The first-order valence-corrected chi connectivity index (χ1v) is 7.04. The molecule has 1 fully saturated rings. The first kappa shape index (κ1) is 13.3. The van der Waals surface area contributed by atoms with E-state index in [4.69, 9.17) is 0 Å². The summed E-state index contributed by atoms with van der Waals surface area (Å²) in [4.78, 5) is 11.3. The molecule has 1 aromatic rings. The van der Waals surface area contributed by atoms with Crippen LogP contribution in [-0.2, 0) is 6.42 Å². The van der Waals surface area contributed by atoms with E-state index >= 15 is 0 Å². The van der Waals surface area contributed by atoms with Crippen LogP contribution in [0.15, 0.2) is 12.4 Å². The van der Waals surface area contributed by atoms with Gasteiger partial charge in [0.1, 0.15) is 0 Å². The Balaban J connectivity index is 1.94. The van der Waals surface area contributed by atoms with Crippen molar-refractivity contribution in [2.45, 2.75) is 32.6 Å². The van der Waals surface area contributed by atoms with Gasteiger partial charge in [0.2, 0.25) is 5.95 Å². The average Bonchev–Trinajstić information content (AvgIpc) is 2.45. The number of aryl methyl sites for hydroxylation is 1. The van der Waals surface area contributed by atoms with Crippen molar-refractivity contribution in [3.05, 3.63) is 18.0 Å². The molecule has 0 aromatic carbocycles. The zero-order chi connectivity index (χ0) is 12.8. The topological polar surface area (TPSA) is 41.1 Å². The fraction of sp³-hybridized carbons (Fsp3) is 0.714. The molecule has 0 bridgehead atoms. The van der Waals surface area contributed by atoms with Gasteiger partial charge < -0.3 is 10.2 Å². The molecule has 4 nitrogen and oxygen atoms in total. The summed E-state index contributed by atoms with van der Waals surface area (Å²) in [6, 6.07) is 0. The molecule has 0 amide bonds. The lowest BCUT2D eigenvalue weighted by molar-refractivity contribution is 0.384. The van der Waals surface area contributed by atoms with Crippen molar-refractivity contribution < 1.29 is 0 Å². The van der Waals surface area contributed by atoms with Crippen LogP contribution in [0.1, 0.15) is 31.7 Å². The predicted molar refractivity (Wildman–Crippen MR) is 74.9 cm³/mol. The lowest BCUT2D eigenvalue weighted by atomic mass is 9.95. The Morgan fingerprint density at radius 2 is 2.17 bits per heavy atom. The van der Waals surface area contributed by atoms with Gasteiger partial charge in [-0.25, -0.2) is 9.97 Å². The van der Waals surface area contributed by atoms with E-state index in [1.54, 1.807) is 0 Å². The number of rotatable bonds is 5. The molecule has 1 saturated heterocycles. The Kier molecular flexibility index (Phi) is 4.93. The number of piperidine rings is 1. The molecule has 2 rings (SSSR count). The quantitative estimate of drug-likeness (QED) is 0.863. The highest BCUT2D eigenvalue weighted by molar-refractivity contribution is 5.30. The van der Waals surface area contributed by atoms with Crippen molar-refractivity contribution in [1.82, 2.24) is 15.3 Å². The molecule has 0 aliphatic carbocycles. The summed E-state index contributed by atoms with van der Waals surface area (Å²) in [6.45, 7) is 5.44. The van der Waals surface area contributed by atoms with Gasteiger partial charge in [0, 0.05) is 25.5 Å². The maximum Gasteiger partial charge on any atom is 0.225 e. The molecular formula is C14H24N4. The first-order valence-electron chi connectivity index (χ1n) is 7.04. The van der Waals surface area contributed by atoms with Crippen LogP contribution >= 0.6 is 0 Å². The molecule has 0 radical (unpaired) electrons. The largest absolute Gasteiger partial charge is 0.341 e. The minimum atomic E-state index is 0.778. The number of nitrogens with zero attached hydrogens (tertiary/aromatic N) is 3. The van der Waals surface area contributed by atoms with Gasteiger partial charge in [-0.15, -0.1) is 0 Å². The Morgan fingerprint density at radius 1 is 1.39 bits per heavy atom. The number of hydrogen-bond donors (Lipinski definition) is 1. The van der Waals surface area contributed by atoms with E-state index in [0.29, 0.717) is 0 Å². The third-order valence-corrected chi connectivity index (χ3v) is 3.70. The second-order valence-electron chi connectivity index (χ2n) is 5.09. The van der Waals surface area contributed by atoms with Crippen LogP contribution in [0.25, 0.3) is 0 Å². The van der Waals surface area contributed by atoms with Gasteiger partial charge in [0.05, 0.1) is 0 Å². The van der Waals surface area contributed by atoms with Crippen LogP contribution in [0.2, 0.25) is 0 Å². The second-order valence-corrected chi connectivity index (χ2v) is 5.09. The van der Waals surface area contributed by atoms with Crippen LogP contribution in [0.5, 0.6) is 0 Å². The van der Waals surface area contributed by atoms with Crippen molar-refractivity contribution in [2.24, 2.45) is 5.92 Å². The molecule has 0 saturated carbocycles. The van der Waals surface area contributed by atoms with Gasteiger partial charge in [0.15, 0.2) is 0 Å². The van der Waals surface area contributed by atoms with Gasteiger partial charge >= 0.3 is 0 Å². The molecule has 1 unspecified atom stereocenters. The lowest BCUT2D eigenvalue weighted by Crippen LogP contribution is -2.37. The Hall–Kier alpha value is -1.16. The molecule has 18 heavy (non-hydrogen) atoms. The maximum absolute atomic E-state index is 4.49. The zero-order valence-electron chi connectivity index (χ0n) is 11.5. The molecule has 0 spiro atoms. The predicted octanol–water partition coefficient (Wildman–Crippen LogP) is 1.86. The van der Waals surface area contributed by atoms with Crippen molar-refractivity contribution in [3.63, 3.8) is 0 Å². The number of anilines is 1. The summed E-state index contributed by atoms with van der Waals surface area (Å²) in [5.41, 5.74) is 1.21. The highest BCUT2D eigenvalue weighted by Crippen LogP contribution is 2.22. The number of hydrogen-bond acceptors (Lipinski definition) is 4. The van der Waals surface area contributed by atoms with E-state index in [1.165, 1.54) is 24.8 Å². The van der Waals surface area contributed by atoms with Gasteiger partial charge in [-0.2, -0.15) is 0 Å². The van der Waals surface area contributed by atoms with Crippen LogP contribution in [0, 0.1) is 5.92 Å². The van der Waals surface area contributed by atoms with Crippen molar-refractivity contribution in [1.29, 1.82) is 0 Å². The average molecular weight is 248 g/mol. The molecule has 1 N–H and O–H groups in total. The lowest BCUT2D eigenvalue weighted by Gasteiger charge is -2.32. The molecule has 100 valence electrons. The molecule has 1 aliphatic heterocycles. The molecule has 1 aliphatic rings. The Labute approximate surface area is 110 Å². The highest BCUT2D eigenvalue weighted by Gasteiger charge is 2.21. The molecule has 1 atom stereocenters. The minimum absolute atomic E-state index is 0.778. The van der Waals surface area contributed by atoms with Gasteiger partial charge in [0.25, 0.3) is 0 Å². The Bertz CT molecular complexity index is 349. The van der Waals surface area contributed by atoms with E-state index in [1.807, 2.05) is 19.4 Å². The van der Waals surface area contributed by atoms with E-state index in [-0.39, 0.29) is 0 Å². The van der Waals surface area contributed by atoms with Crippen LogP contribution in [0.4, 0.5) is 5.95 Å². The van der Waals surface area contributed by atoms with E-state index in [9.17, 15) is 0 Å². The molecule has 2 heterocycles. The zero-order valence-corrected chi connectivity index (χ0v) is 11.5. The van der Waals surface area contributed by atoms with E-state index < -0.39 is 0 Å². The number of aromatic nitrogens is 2. The van der Waals surface area contributed by atoms with E-state index in [0.717, 1.165) is 37.9 Å². The van der Waals surface area contributed by atoms with Crippen molar-refractivity contribution in [2.75, 3.05) is 31.6 Å².